The van der Waals surface area contributed by atoms with E-state index in [0.29, 0.717) is 0 Å². The van der Waals surface area contributed by atoms with Crippen molar-refractivity contribution in [3.8, 4) is 0 Å². The third-order valence-corrected chi connectivity index (χ3v) is 5.49. The van der Waals surface area contributed by atoms with Gasteiger partial charge in [-0.1, -0.05) is 67.5 Å². The Morgan fingerprint density at radius 1 is 0.955 bits per heavy atom. The van der Waals surface area contributed by atoms with Crippen molar-refractivity contribution >= 4 is 5.57 Å². The molecule has 2 unspecified atom stereocenters. The van der Waals surface area contributed by atoms with Crippen molar-refractivity contribution in [3.63, 3.8) is 0 Å². The maximum absolute atomic E-state index is 2.55. The van der Waals surface area contributed by atoms with Crippen LogP contribution < -0.4 is 0 Å². The lowest BCUT2D eigenvalue weighted by Gasteiger charge is -2.30. The van der Waals surface area contributed by atoms with Gasteiger partial charge in [-0.3, -0.25) is 0 Å². The fourth-order valence-electron chi connectivity index (χ4n) is 4.19. The number of allylic oxidation sites excluding steroid dienone is 8. The lowest BCUT2D eigenvalue weighted by Crippen LogP contribution is -2.18. The predicted octanol–water partition coefficient (Wildman–Crippen LogP) is 6.01. The first kappa shape index (κ1) is 13.8. The quantitative estimate of drug-likeness (QED) is 0.625. The first-order valence-electron chi connectivity index (χ1n) is 8.68. The van der Waals surface area contributed by atoms with Crippen molar-refractivity contribution in [1.29, 1.82) is 0 Å². The summed E-state index contributed by atoms with van der Waals surface area (Å²) in [6.45, 7) is 2.21. The van der Waals surface area contributed by atoms with E-state index in [4.69, 9.17) is 0 Å². The van der Waals surface area contributed by atoms with Gasteiger partial charge in [0.15, 0.2) is 0 Å². The summed E-state index contributed by atoms with van der Waals surface area (Å²) in [5.74, 6) is 1.59. The molecule has 0 spiro atoms. The number of aryl methyl sites for hydroxylation is 1. The van der Waals surface area contributed by atoms with E-state index in [1.807, 2.05) is 0 Å². The van der Waals surface area contributed by atoms with Crippen LogP contribution in [0.1, 0.15) is 43.2 Å². The Morgan fingerprint density at radius 3 is 2.64 bits per heavy atom. The van der Waals surface area contributed by atoms with E-state index in [-0.39, 0.29) is 0 Å². The zero-order valence-corrected chi connectivity index (χ0v) is 13.4. The van der Waals surface area contributed by atoms with Crippen LogP contribution in [0.4, 0.5) is 0 Å². The second-order valence-electron chi connectivity index (χ2n) is 6.94. The molecule has 0 saturated heterocycles. The minimum absolute atomic E-state index is 0.783. The summed E-state index contributed by atoms with van der Waals surface area (Å²) in [5.41, 5.74) is 7.13. The third kappa shape index (κ3) is 2.52. The van der Waals surface area contributed by atoms with Gasteiger partial charge in [-0.05, 0) is 65.9 Å². The lowest BCUT2D eigenvalue weighted by atomic mass is 9.75. The Bertz CT molecular complexity index is 697. The maximum atomic E-state index is 2.55. The topological polar surface area (TPSA) is 0 Å². The van der Waals surface area contributed by atoms with Crippen LogP contribution >= 0.6 is 0 Å². The van der Waals surface area contributed by atoms with Crippen LogP contribution in [0.2, 0.25) is 0 Å². The van der Waals surface area contributed by atoms with Gasteiger partial charge in [0, 0.05) is 0 Å². The van der Waals surface area contributed by atoms with Crippen LogP contribution in [0.25, 0.3) is 5.57 Å². The Balaban J connectivity index is 1.58. The minimum atomic E-state index is 0.783. The summed E-state index contributed by atoms with van der Waals surface area (Å²) in [4.78, 5) is 0. The van der Waals surface area contributed by atoms with Crippen molar-refractivity contribution in [2.45, 2.75) is 39.0 Å². The summed E-state index contributed by atoms with van der Waals surface area (Å²) in [6, 6.07) is 8.73. The van der Waals surface area contributed by atoms with Crippen molar-refractivity contribution in [3.05, 3.63) is 76.9 Å². The molecule has 3 aliphatic rings. The summed E-state index contributed by atoms with van der Waals surface area (Å²) in [5, 5.41) is 0. The normalized spacial score (nSPS) is 27.0. The molecule has 0 aromatic heterocycles. The second kappa shape index (κ2) is 5.76. The Labute approximate surface area is 133 Å². The number of fused-ring (bicyclic) bond motifs is 1. The molecule has 1 aromatic rings. The molecule has 0 bridgehead atoms. The third-order valence-electron chi connectivity index (χ3n) is 5.49. The summed E-state index contributed by atoms with van der Waals surface area (Å²) in [7, 11) is 0. The van der Waals surface area contributed by atoms with Gasteiger partial charge >= 0.3 is 0 Å². The highest BCUT2D eigenvalue weighted by atomic mass is 14.3. The fourth-order valence-corrected chi connectivity index (χ4v) is 4.19. The molecular weight excluding hydrogens is 264 g/mol. The van der Waals surface area contributed by atoms with E-state index in [2.05, 4.69) is 61.6 Å². The van der Waals surface area contributed by atoms with Crippen molar-refractivity contribution < 1.29 is 0 Å². The summed E-state index contributed by atoms with van der Waals surface area (Å²) in [6.07, 6.45) is 18.8. The van der Waals surface area contributed by atoms with Crippen molar-refractivity contribution in [2.24, 2.45) is 11.8 Å². The van der Waals surface area contributed by atoms with Crippen molar-refractivity contribution in [1.82, 2.24) is 0 Å². The van der Waals surface area contributed by atoms with E-state index in [1.165, 1.54) is 53.5 Å². The molecule has 0 aliphatic heterocycles. The highest BCUT2D eigenvalue weighted by molar-refractivity contribution is 5.77. The number of rotatable bonds is 2. The van der Waals surface area contributed by atoms with Crippen LogP contribution in [-0.2, 0) is 0 Å². The smallest absolute Gasteiger partial charge is 0.00820 e. The molecule has 22 heavy (non-hydrogen) atoms. The molecule has 1 fully saturated rings. The van der Waals surface area contributed by atoms with E-state index in [9.17, 15) is 0 Å². The molecular formula is C22H24. The average Bonchev–Trinajstić information content (AvgIpc) is 3.04. The molecule has 3 aliphatic carbocycles. The first-order chi connectivity index (χ1) is 10.8. The molecule has 0 radical (unpaired) electrons. The van der Waals surface area contributed by atoms with Gasteiger partial charge in [0.25, 0.3) is 0 Å². The van der Waals surface area contributed by atoms with Crippen LogP contribution in [0.5, 0.6) is 0 Å². The van der Waals surface area contributed by atoms with Crippen LogP contribution in [0.15, 0.2) is 65.8 Å². The van der Waals surface area contributed by atoms with Gasteiger partial charge in [0.05, 0.1) is 0 Å². The van der Waals surface area contributed by atoms with Crippen LogP contribution in [0.3, 0.4) is 0 Å². The van der Waals surface area contributed by atoms with Gasteiger partial charge < -0.3 is 0 Å². The maximum Gasteiger partial charge on any atom is -0.00820 e. The molecule has 112 valence electrons. The standard InChI is InChI=1S/C22H24/c1-16-6-2-5-9-22(16)21-13-12-20(15-21)19-11-10-17-7-3-4-8-18(17)14-19/h2,5-6,9-12,14-15,17-18H,3-4,7-8,13H2,1H3. The summed E-state index contributed by atoms with van der Waals surface area (Å²) >= 11 is 0. The molecule has 0 N–H and O–H groups in total. The SMILES string of the molecule is Cc1ccccc1C1=CC(C2=CC3CCCCC3C=C2)=CC1. The highest BCUT2D eigenvalue weighted by Gasteiger charge is 2.25. The van der Waals surface area contributed by atoms with Crippen molar-refractivity contribution in [2.75, 3.05) is 0 Å². The molecule has 4 rings (SSSR count). The van der Waals surface area contributed by atoms with Gasteiger partial charge in [0.1, 0.15) is 0 Å². The number of hydrogen-bond acceptors (Lipinski definition) is 0. The minimum Gasteiger partial charge on any atom is -0.0802 e. The van der Waals surface area contributed by atoms with Gasteiger partial charge in [-0.2, -0.15) is 0 Å². The number of benzene rings is 1. The van der Waals surface area contributed by atoms with Crippen LogP contribution in [-0.4, -0.2) is 0 Å². The Morgan fingerprint density at radius 2 is 1.77 bits per heavy atom. The first-order valence-corrected chi connectivity index (χ1v) is 8.68. The monoisotopic (exact) mass is 288 g/mol. The molecule has 0 heteroatoms. The Kier molecular flexibility index (Phi) is 3.62. The second-order valence-corrected chi connectivity index (χ2v) is 6.94. The largest absolute Gasteiger partial charge is 0.0802 e. The van der Waals surface area contributed by atoms with Gasteiger partial charge in [-0.15, -0.1) is 0 Å². The summed E-state index contributed by atoms with van der Waals surface area (Å²) < 4.78 is 0. The lowest BCUT2D eigenvalue weighted by molar-refractivity contribution is 0.333. The highest BCUT2D eigenvalue weighted by Crippen LogP contribution is 2.39. The Hall–Kier alpha value is -1.82. The zero-order valence-electron chi connectivity index (χ0n) is 13.4. The van der Waals surface area contributed by atoms with Crippen LogP contribution in [0, 0.1) is 18.8 Å². The average molecular weight is 288 g/mol. The molecule has 2 atom stereocenters. The van der Waals surface area contributed by atoms with Gasteiger partial charge in [0.2, 0.25) is 0 Å². The van der Waals surface area contributed by atoms with E-state index in [1.54, 1.807) is 0 Å². The molecule has 0 nitrogen and oxygen atoms in total. The molecule has 1 saturated carbocycles. The van der Waals surface area contributed by atoms with E-state index < -0.39 is 0 Å². The van der Waals surface area contributed by atoms with E-state index in [0.717, 1.165) is 18.3 Å². The molecule has 1 aromatic carbocycles. The van der Waals surface area contributed by atoms with Gasteiger partial charge in [-0.25, -0.2) is 0 Å². The fraction of sp³-hybridized carbons (Fsp3) is 0.364. The van der Waals surface area contributed by atoms with E-state index >= 15 is 0 Å². The number of hydrogen-bond donors (Lipinski definition) is 0. The zero-order chi connectivity index (χ0) is 14.9. The molecule has 0 heterocycles. The predicted molar refractivity (Wildman–Crippen MR) is 94.5 cm³/mol. The molecule has 0 amide bonds.